The van der Waals surface area contributed by atoms with Crippen LogP contribution in [0, 0.1) is 5.92 Å². The summed E-state index contributed by atoms with van der Waals surface area (Å²) in [6, 6.07) is 25.6. The third-order valence-electron chi connectivity index (χ3n) is 4.87. The highest BCUT2D eigenvalue weighted by molar-refractivity contribution is 6.46. The van der Waals surface area contributed by atoms with Gasteiger partial charge < -0.3 is 10.1 Å². The van der Waals surface area contributed by atoms with Crippen molar-refractivity contribution < 1.29 is 14.3 Å². The van der Waals surface area contributed by atoms with Crippen LogP contribution in [-0.2, 0) is 9.59 Å². The molecule has 156 valence electrons. The molecule has 0 aromatic heterocycles. The van der Waals surface area contributed by atoms with Crippen LogP contribution in [0.5, 0.6) is 5.75 Å². The van der Waals surface area contributed by atoms with Gasteiger partial charge in [-0.15, -0.1) is 0 Å². The molecule has 3 aromatic carbocycles. The van der Waals surface area contributed by atoms with Crippen LogP contribution in [0.15, 0.2) is 90.6 Å². The zero-order valence-corrected chi connectivity index (χ0v) is 17.5. The standard InChI is InChI=1S/C26H24N2O3/c1-18(2)17-31-22-15-13-21(14-16-22)28-25(29)23(19-9-5-3-6-10-19)24(26(28)30)27-20-11-7-4-8-12-20/h3-16,18,27H,17H2,1-2H3. The molecule has 31 heavy (non-hydrogen) atoms. The normalized spacial score (nSPS) is 13.8. The summed E-state index contributed by atoms with van der Waals surface area (Å²) in [5.41, 5.74) is 2.56. The van der Waals surface area contributed by atoms with Crippen LogP contribution in [0.25, 0.3) is 5.57 Å². The number of hydrogen-bond acceptors (Lipinski definition) is 4. The average Bonchev–Trinajstić information content (AvgIpc) is 3.03. The number of benzene rings is 3. The lowest BCUT2D eigenvalue weighted by Gasteiger charge is -2.16. The molecular formula is C26H24N2O3. The average molecular weight is 412 g/mol. The Balaban J connectivity index is 1.68. The zero-order chi connectivity index (χ0) is 21.8. The molecule has 3 aromatic rings. The highest BCUT2D eigenvalue weighted by atomic mass is 16.5. The van der Waals surface area contributed by atoms with Crippen molar-refractivity contribution in [2.75, 3.05) is 16.8 Å². The Kier molecular flexibility index (Phi) is 5.85. The molecule has 5 heteroatoms. The summed E-state index contributed by atoms with van der Waals surface area (Å²) in [6.07, 6.45) is 0. The lowest BCUT2D eigenvalue weighted by Crippen LogP contribution is -2.32. The van der Waals surface area contributed by atoms with Crippen LogP contribution in [0.1, 0.15) is 19.4 Å². The Labute approximate surface area is 182 Å². The number of imide groups is 1. The van der Waals surface area contributed by atoms with E-state index >= 15 is 0 Å². The molecule has 0 spiro atoms. The van der Waals surface area contributed by atoms with E-state index in [1.54, 1.807) is 24.3 Å². The molecule has 1 aliphatic rings. The fourth-order valence-corrected chi connectivity index (χ4v) is 3.37. The second kappa shape index (κ2) is 8.88. The number of amides is 2. The largest absolute Gasteiger partial charge is 0.493 e. The minimum Gasteiger partial charge on any atom is -0.493 e. The number of nitrogens with zero attached hydrogens (tertiary/aromatic N) is 1. The Morgan fingerprint density at radius 1 is 0.806 bits per heavy atom. The molecular weight excluding hydrogens is 388 g/mol. The molecule has 0 radical (unpaired) electrons. The van der Waals surface area contributed by atoms with E-state index in [0.717, 1.165) is 5.69 Å². The third-order valence-corrected chi connectivity index (χ3v) is 4.87. The number of anilines is 2. The molecule has 1 heterocycles. The van der Waals surface area contributed by atoms with Crippen molar-refractivity contribution >= 4 is 28.8 Å². The van der Waals surface area contributed by atoms with Crippen LogP contribution in [0.3, 0.4) is 0 Å². The second-order valence-electron chi connectivity index (χ2n) is 7.75. The van der Waals surface area contributed by atoms with Crippen molar-refractivity contribution in [2.45, 2.75) is 13.8 Å². The molecule has 1 aliphatic heterocycles. The van der Waals surface area contributed by atoms with Gasteiger partial charge in [-0.1, -0.05) is 62.4 Å². The maximum atomic E-state index is 13.4. The summed E-state index contributed by atoms with van der Waals surface area (Å²) in [7, 11) is 0. The van der Waals surface area contributed by atoms with Gasteiger partial charge in [0.05, 0.1) is 17.9 Å². The predicted molar refractivity (Wildman–Crippen MR) is 123 cm³/mol. The maximum absolute atomic E-state index is 13.4. The molecule has 0 fully saturated rings. The van der Waals surface area contributed by atoms with Gasteiger partial charge in [0.2, 0.25) is 0 Å². The van der Waals surface area contributed by atoms with Crippen LogP contribution < -0.4 is 15.0 Å². The fraction of sp³-hybridized carbons (Fsp3) is 0.154. The topological polar surface area (TPSA) is 58.6 Å². The molecule has 0 bridgehead atoms. The summed E-state index contributed by atoms with van der Waals surface area (Å²) in [6.45, 7) is 4.76. The quantitative estimate of drug-likeness (QED) is 0.548. The van der Waals surface area contributed by atoms with Crippen LogP contribution >= 0.6 is 0 Å². The molecule has 4 rings (SSSR count). The second-order valence-corrected chi connectivity index (χ2v) is 7.75. The van der Waals surface area contributed by atoms with E-state index in [-0.39, 0.29) is 17.5 Å². The summed E-state index contributed by atoms with van der Waals surface area (Å²) in [5, 5.41) is 3.16. The van der Waals surface area contributed by atoms with Gasteiger partial charge in [-0.05, 0) is 47.9 Å². The zero-order valence-electron chi connectivity index (χ0n) is 17.5. The van der Waals surface area contributed by atoms with E-state index in [1.807, 2.05) is 60.7 Å². The minimum absolute atomic E-state index is 0.266. The monoisotopic (exact) mass is 412 g/mol. The van der Waals surface area contributed by atoms with Gasteiger partial charge >= 0.3 is 0 Å². The van der Waals surface area contributed by atoms with Gasteiger partial charge in [0.1, 0.15) is 11.4 Å². The van der Waals surface area contributed by atoms with E-state index in [4.69, 9.17) is 4.74 Å². The lowest BCUT2D eigenvalue weighted by atomic mass is 10.0. The first kappa shape index (κ1) is 20.4. The molecule has 0 atom stereocenters. The van der Waals surface area contributed by atoms with Gasteiger partial charge in [0, 0.05) is 5.69 Å². The van der Waals surface area contributed by atoms with Crippen molar-refractivity contribution in [3.05, 3.63) is 96.2 Å². The van der Waals surface area contributed by atoms with E-state index in [0.29, 0.717) is 35.1 Å². The van der Waals surface area contributed by atoms with Crippen molar-refractivity contribution in [3.8, 4) is 5.75 Å². The van der Waals surface area contributed by atoms with Crippen LogP contribution in [0.2, 0.25) is 0 Å². The third kappa shape index (κ3) is 4.36. The van der Waals surface area contributed by atoms with Crippen molar-refractivity contribution in [1.82, 2.24) is 0 Å². The molecule has 5 nitrogen and oxygen atoms in total. The summed E-state index contributed by atoms with van der Waals surface area (Å²) in [5.74, 6) is 0.370. The molecule has 0 unspecified atom stereocenters. The summed E-state index contributed by atoms with van der Waals surface area (Å²) < 4.78 is 5.72. The Bertz CT molecular complexity index is 1100. The van der Waals surface area contributed by atoms with Crippen LogP contribution in [-0.4, -0.2) is 18.4 Å². The highest BCUT2D eigenvalue weighted by Gasteiger charge is 2.40. The van der Waals surface area contributed by atoms with Crippen molar-refractivity contribution in [3.63, 3.8) is 0 Å². The first-order valence-corrected chi connectivity index (χ1v) is 10.3. The Morgan fingerprint density at radius 2 is 1.42 bits per heavy atom. The van der Waals surface area contributed by atoms with E-state index in [2.05, 4.69) is 19.2 Å². The van der Waals surface area contributed by atoms with E-state index < -0.39 is 0 Å². The number of carbonyl (C=O) groups is 2. The van der Waals surface area contributed by atoms with Gasteiger partial charge in [-0.3, -0.25) is 9.59 Å². The van der Waals surface area contributed by atoms with E-state index in [9.17, 15) is 9.59 Å². The number of hydrogen-bond donors (Lipinski definition) is 1. The Hall–Kier alpha value is -3.86. The van der Waals surface area contributed by atoms with E-state index in [1.165, 1.54) is 4.90 Å². The van der Waals surface area contributed by atoms with Crippen molar-refractivity contribution in [1.29, 1.82) is 0 Å². The summed E-state index contributed by atoms with van der Waals surface area (Å²) >= 11 is 0. The molecule has 0 saturated carbocycles. The number of ether oxygens (including phenoxy) is 1. The smallest absolute Gasteiger partial charge is 0.282 e. The Morgan fingerprint density at radius 3 is 2.03 bits per heavy atom. The first-order valence-electron chi connectivity index (χ1n) is 10.3. The van der Waals surface area contributed by atoms with Gasteiger partial charge in [0.25, 0.3) is 11.8 Å². The molecule has 0 aliphatic carbocycles. The van der Waals surface area contributed by atoms with Gasteiger partial charge in [-0.2, -0.15) is 0 Å². The lowest BCUT2D eigenvalue weighted by molar-refractivity contribution is -0.120. The minimum atomic E-state index is -0.386. The number of para-hydroxylation sites is 1. The highest BCUT2D eigenvalue weighted by Crippen LogP contribution is 2.34. The summed E-state index contributed by atoms with van der Waals surface area (Å²) in [4.78, 5) is 28.0. The molecule has 0 saturated heterocycles. The predicted octanol–water partition coefficient (Wildman–Crippen LogP) is 5.12. The number of carbonyl (C=O) groups excluding carboxylic acids is 2. The van der Waals surface area contributed by atoms with Crippen LogP contribution in [0.4, 0.5) is 11.4 Å². The van der Waals surface area contributed by atoms with Gasteiger partial charge in [-0.25, -0.2) is 4.90 Å². The van der Waals surface area contributed by atoms with Crippen molar-refractivity contribution in [2.24, 2.45) is 5.92 Å². The number of nitrogens with one attached hydrogen (secondary N) is 1. The number of rotatable bonds is 7. The fourth-order valence-electron chi connectivity index (χ4n) is 3.37. The molecule has 2 amide bonds. The first-order chi connectivity index (χ1) is 15.0. The molecule has 1 N–H and O–H groups in total. The maximum Gasteiger partial charge on any atom is 0.282 e. The van der Waals surface area contributed by atoms with Gasteiger partial charge in [0.15, 0.2) is 0 Å². The SMILES string of the molecule is CC(C)COc1ccc(N2C(=O)C(Nc3ccccc3)=C(c3ccccc3)C2=O)cc1.